The summed E-state index contributed by atoms with van der Waals surface area (Å²) in [5.74, 6) is -0.970. The molecule has 0 aromatic rings. The molecule has 1 aliphatic carbocycles. The average molecular weight is 190 g/mol. The van der Waals surface area contributed by atoms with Gasteiger partial charge in [-0.05, 0) is 20.3 Å². The summed E-state index contributed by atoms with van der Waals surface area (Å²) in [7, 11) is 0. The van der Waals surface area contributed by atoms with Crippen molar-refractivity contribution < 1.29 is 21.1 Å². The van der Waals surface area contributed by atoms with E-state index >= 15 is 0 Å². The molecule has 1 heterocycles. The van der Waals surface area contributed by atoms with Gasteiger partial charge in [-0.1, -0.05) is 0 Å². The molecule has 13 heavy (non-hydrogen) atoms. The Morgan fingerprint density at radius 3 is 2.69 bits per heavy atom. The first kappa shape index (κ1) is 8.17. The van der Waals surface area contributed by atoms with Crippen LogP contribution in [0.3, 0.4) is 0 Å². The van der Waals surface area contributed by atoms with Crippen LogP contribution in [0.1, 0.15) is 21.6 Å². The van der Waals surface area contributed by atoms with E-state index in [0.29, 0.717) is 0 Å². The number of fused-ring (bicyclic) bond motifs is 1. The summed E-state index contributed by atoms with van der Waals surface area (Å²) in [5, 5.41) is 18.8. The lowest BCUT2D eigenvalue weighted by Gasteiger charge is -2.21. The van der Waals surface area contributed by atoms with Crippen LogP contribution in [0.4, 0.5) is 0 Å². The molecule has 2 aliphatic rings. The Balaban J connectivity index is 2.21. The highest BCUT2D eigenvalue weighted by atomic mass is 16.8. The maximum Gasteiger partial charge on any atom is 0.163 e. The Hall–Kier alpha value is -0.160. The number of aliphatic hydroxyl groups excluding tert-OH is 1. The molecule has 1 aliphatic heterocycles. The standard InChI is InChI=1S/C9H16O4/c1-9(2)12-7-5(4-10)3-6(11)8(7)13-9/h5-8,10-11H,3-4H2,1-2H3/t5-,6+,7-,8+/m1/s1/i6T. The molecule has 1 saturated carbocycles. The first-order valence-corrected chi connectivity index (χ1v) is 4.54. The summed E-state index contributed by atoms with van der Waals surface area (Å²) in [6, 6.07) is 0. The SMILES string of the molecule is [3H][C@]1(O)C[C@H](CO)[C@H]2OC(C)(C)O[C@H]21. The predicted molar refractivity (Wildman–Crippen MR) is 45.0 cm³/mol. The van der Waals surface area contributed by atoms with Crippen LogP contribution in [0.25, 0.3) is 0 Å². The molecule has 0 unspecified atom stereocenters. The minimum Gasteiger partial charge on any atom is -0.396 e. The molecule has 2 N–H and O–H groups in total. The van der Waals surface area contributed by atoms with Gasteiger partial charge in [0, 0.05) is 12.5 Å². The van der Waals surface area contributed by atoms with Gasteiger partial charge in [0.25, 0.3) is 0 Å². The molecule has 0 radical (unpaired) electrons. The summed E-state index contributed by atoms with van der Waals surface area (Å²) in [5.41, 5.74) is 0. The van der Waals surface area contributed by atoms with Crippen molar-refractivity contribution >= 4 is 0 Å². The van der Waals surface area contributed by atoms with Crippen LogP contribution in [0.15, 0.2) is 0 Å². The number of hydrogen-bond acceptors (Lipinski definition) is 4. The molecule has 4 heteroatoms. The molecular weight excluding hydrogens is 172 g/mol. The molecule has 0 aromatic carbocycles. The van der Waals surface area contributed by atoms with Gasteiger partial charge in [-0.15, -0.1) is 0 Å². The molecule has 2 rings (SSSR count). The van der Waals surface area contributed by atoms with Gasteiger partial charge in [0.05, 0.1) is 13.6 Å². The Bertz CT molecular complexity index is 241. The van der Waals surface area contributed by atoms with Crippen molar-refractivity contribution in [1.29, 1.82) is 0 Å². The third-order valence-corrected chi connectivity index (χ3v) is 2.63. The van der Waals surface area contributed by atoms with Crippen molar-refractivity contribution in [3.8, 4) is 0 Å². The quantitative estimate of drug-likeness (QED) is 0.605. The first-order chi connectivity index (χ1) is 6.36. The second-order valence-corrected chi connectivity index (χ2v) is 4.16. The summed E-state index contributed by atoms with van der Waals surface area (Å²) in [6.07, 6.45) is -2.44. The zero-order valence-corrected chi connectivity index (χ0v) is 7.86. The smallest absolute Gasteiger partial charge is 0.163 e. The monoisotopic (exact) mass is 190 g/mol. The molecule has 0 spiro atoms. The highest BCUT2D eigenvalue weighted by molar-refractivity contribution is 4.97. The van der Waals surface area contributed by atoms with E-state index in [0.717, 1.165) is 0 Å². The largest absolute Gasteiger partial charge is 0.396 e. The van der Waals surface area contributed by atoms with Crippen molar-refractivity contribution in [1.82, 2.24) is 0 Å². The van der Waals surface area contributed by atoms with E-state index < -0.39 is 18.0 Å². The third kappa shape index (κ3) is 1.48. The van der Waals surface area contributed by atoms with Crippen LogP contribution < -0.4 is 0 Å². The van der Waals surface area contributed by atoms with Crippen LogP contribution >= 0.6 is 0 Å². The molecule has 0 bridgehead atoms. The Morgan fingerprint density at radius 1 is 1.46 bits per heavy atom. The first-order valence-electron chi connectivity index (χ1n) is 5.04. The molecule has 76 valence electrons. The molecular formula is C9H16O4. The second kappa shape index (κ2) is 2.92. The van der Waals surface area contributed by atoms with Crippen molar-refractivity contribution in [2.24, 2.45) is 5.92 Å². The van der Waals surface area contributed by atoms with E-state index in [4.69, 9.17) is 16.0 Å². The fourth-order valence-electron chi connectivity index (χ4n) is 2.06. The summed E-state index contributed by atoms with van der Waals surface area (Å²) in [6.45, 7) is 3.41. The zero-order chi connectivity index (χ0) is 10.6. The van der Waals surface area contributed by atoms with E-state index in [-0.39, 0.29) is 25.0 Å². The molecule has 4 atom stereocenters. The second-order valence-electron chi connectivity index (χ2n) is 4.16. The van der Waals surface area contributed by atoms with Crippen molar-refractivity contribution in [3.05, 3.63) is 0 Å². The fourth-order valence-corrected chi connectivity index (χ4v) is 2.06. The lowest BCUT2D eigenvalue weighted by atomic mass is 10.1. The van der Waals surface area contributed by atoms with Crippen molar-refractivity contribution in [3.63, 3.8) is 0 Å². The average Bonchev–Trinajstić information content (AvgIpc) is 2.46. The number of aliphatic hydroxyl groups is 2. The minimum absolute atomic E-state index is 0.0816. The van der Waals surface area contributed by atoms with E-state index in [2.05, 4.69) is 0 Å². The Morgan fingerprint density at radius 2 is 2.08 bits per heavy atom. The van der Waals surface area contributed by atoms with Gasteiger partial charge in [0.2, 0.25) is 0 Å². The fraction of sp³-hybridized carbons (Fsp3) is 1.00. The van der Waals surface area contributed by atoms with Crippen LogP contribution in [0.5, 0.6) is 0 Å². The summed E-state index contributed by atoms with van der Waals surface area (Å²) in [4.78, 5) is 0. The maximum atomic E-state index is 9.75. The summed E-state index contributed by atoms with van der Waals surface area (Å²) >= 11 is 0. The van der Waals surface area contributed by atoms with E-state index in [1.54, 1.807) is 13.8 Å². The summed E-state index contributed by atoms with van der Waals surface area (Å²) < 4.78 is 18.7. The van der Waals surface area contributed by atoms with E-state index in [9.17, 15) is 5.11 Å². The molecule has 4 nitrogen and oxygen atoms in total. The van der Waals surface area contributed by atoms with Gasteiger partial charge in [0.15, 0.2) is 5.79 Å². The Labute approximate surface area is 78.9 Å². The van der Waals surface area contributed by atoms with Gasteiger partial charge in [-0.2, -0.15) is 0 Å². The van der Waals surface area contributed by atoms with Crippen molar-refractivity contribution in [2.45, 2.75) is 44.3 Å². The lowest BCUT2D eigenvalue weighted by molar-refractivity contribution is -0.167. The van der Waals surface area contributed by atoms with Gasteiger partial charge in [-0.3, -0.25) is 0 Å². The third-order valence-electron chi connectivity index (χ3n) is 2.63. The van der Waals surface area contributed by atoms with Gasteiger partial charge >= 0.3 is 0 Å². The van der Waals surface area contributed by atoms with Crippen LogP contribution in [-0.2, 0) is 9.47 Å². The molecule has 1 saturated heterocycles. The van der Waals surface area contributed by atoms with Gasteiger partial charge < -0.3 is 19.7 Å². The normalized spacial score (nSPS) is 54.8. The number of ether oxygens (including phenoxy) is 2. The topological polar surface area (TPSA) is 58.9 Å². The van der Waals surface area contributed by atoms with Crippen LogP contribution in [0.2, 0.25) is 0 Å². The molecule has 0 amide bonds. The highest BCUT2D eigenvalue weighted by Crippen LogP contribution is 2.41. The predicted octanol–water partition coefficient (Wildman–Crippen LogP) is -0.120. The molecule has 0 aromatic heterocycles. The van der Waals surface area contributed by atoms with E-state index in [1.165, 1.54) is 0 Å². The number of rotatable bonds is 1. The Kier molecular flexibility index (Phi) is 1.83. The van der Waals surface area contributed by atoms with Gasteiger partial charge in [0.1, 0.15) is 6.10 Å². The lowest BCUT2D eigenvalue weighted by Crippen LogP contribution is -2.28. The number of hydrogen-bond donors (Lipinski definition) is 2. The van der Waals surface area contributed by atoms with Crippen LogP contribution in [0, 0.1) is 5.92 Å². The van der Waals surface area contributed by atoms with E-state index in [1.807, 2.05) is 0 Å². The van der Waals surface area contributed by atoms with Crippen molar-refractivity contribution in [2.75, 3.05) is 6.61 Å². The highest BCUT2D eigenvalue weighted by Gasteiger charge is 2.53. The van der Waals surface area contributed by atoms with Gasteiger partial charge in [-0.25, -0.2) is 0 Å². The van der Waals surface area contributed by atoms with Crippen LogP contribution in [-0.4, -0.2) is 40.9 Å². The minimum atomic E-state index is -1.63. The zero-order valence-electron chi connectivity index (χ0n) is 8.86. The maximum absolute atomic E-state index is 9.75. The molecule has 2 fully saturated rings.